The Balaban J connectivity index is 1.39. The summed E-state index contributed by atoms with van der Waals surface area (Å²) in [5.74, 6) is 0.151. The third-order valence-electron chi connectivity index (χ3n) is 5.52. The van der Waals surface area contributed by atoms with E-state index in [9.17, 15) is 9.59 Å². The summed E-state index contributed by atoms with van der Waals surface area (Å²) in [6.45, 7) is 3.01. The van der Waals surface area contributed by atoms with Crippen LogP contribution in [0.1, 0.15) is 17.5 Å². The number of nitrogens with zero attached hydrogens (tertiary/aromatic N) is 1. The number of hydrogen-bond acceptors (Lipinski definition) is 3. The summed E-state index contributed by atoms with van der Waals surface area (Å²) in [5.41, 5.74) is 3.96. The Morgan fingerprint density at radius 1 is 1.28 bits per heavy atom. The van der Waals surface area contributed by atoms with Crippen LogP contribution in [0.3, 0.4) is 0 Å². The molecular weight excluding hydrogens is 366 g/mol. The number of likely N-dealkylation sites (tertiary alicyclic amines) is 1. The van der Waals surface area contributed by atoms with Gasteiger partial charge in [0.1, 0.15) is 5.75 Å². The first-order valence-corrected chi connectivity index (χ1v) is 9.83. The molecule has 150 valence electrons. The SMILES string of the molecule is COc1ccc(C)cc1NC(=O)C1CC(=O)N(CCc2c[nH]c3ccccc23)C1. The molecule has 2 aromatic carbocycles. The molecule has 29 heavy (non-hydrogen) atoms. The number of benzene rings is 2. The van der Waals surface area contributed by atoms with Crippen LogP contribution >= 0.6 is 0 Å². The number of fused-ring (bicyclic) bond motifs is 1. The second-order valence-corrected chi connectivity index (χ2v) is 7.54. The van der Waals surface area contributed by atoms with Gasteiger partial charge in [-0.1, -0.05) is 24.3 Å². The van der Waals surface area contributed by atoms with E-state index >= 15 is 0 Å². The Hall–Kier alpha value is -3.28. The molecule has 1 aliphatic heterocycles. The van der Waals surface area contributed by atoms with Crippen molar-refractivity contribution in [2.75, 3.05) is 25.5 Å². The number of hydrogen-bond donors (Lipinski definition) is 2. The molecule has 0 saturated carbocycles. The Labute approximate surface area is 169 Å². The van der Waals surface area contributed by atoms with Crippen molar-refractivity contribution < 1.29 is 14.3 Å². The summed E-state index contributed by atoms with van der Waals surface area (Å²) in [4.78, 5) is 30.3. The second kappa shape index (κ2) is 7.99. The third-order valence-corrected chi connectivity index (χ3v) is 5.52. The van der Waals surface area contributed by atoms with Crippen LogP contribution in [-0.4, -0.2) is 41.9 Å². The number of para-hydroxylation sites is 1. The van der Waals surface area contributed by atoms with E-state index in [0.29, 0.717) is 24.5 Å². The normalized spacial score (nSPS) is 16.4. The summed E-state index contributed by atoms with van der Waals surface area (Å²) in [6.07, 6.45) is 3.00. The first kappa shape index (κ1) is 19.1. The van der Waals surface area contributed by atoms with Crippen molar-refractivity contribution in [3.8, 4) is 5.75 Å². The maximum absolute atomic E-state index is 12.7. The van der Waals surface area contributed by atoms with Crippen molar-refractivity contribution in [3.63, 3.8) is 0 Å². The van der Waals surface area contributed by atoms with E-state index in [2.05, 4.69) is 16.4 Å². The van der Waals surface area contributed by atoms with Gasteiger partial charge in [0.05, 0.1) is 18.7 Å². The monoisotopic (exact) mass is 391 g/mol. The van der Waals surface area contributed by atoms with Crippen LogP contribution in [0, 0.1) is 12.8 Å². The van der Waals surface area contributed by atoms with Gasteiger partial charge < -0.3 is 19.9 Å². The van der Waals surface area contributed by atoms with Gasteiger partial charge >= 0.3 is 0 Å². The number of aromatic nitrogens is 1. The Morgan fingerprint density at radius 2 is 2.10 bits per heavy atom. The van der Waals surface area contributed by atoms with Gasteiger partial charge in [-0.25, -0.2) is 0 Å². The number of rotatable bonds is 6. The van der Waals surface area contributed by atoms with Gasteiger partial charge in [-0.05, 0) is 42.7 Å². The molecule has 1 atom stereocenters. The number of amides is 2. The molecule has 2 amide bonds. The van der Waals surface area contributed by atoms with Crippen LogP contribution in [0.2, 0.25) is 0 Å². The molecule has 1 fully saturated rings. The molecule has 0 radical (unpaired) electrons. The highest BCUT2D eigenvalue weighted by Gasteiger charge is 2.34. The summed E-state index contributed by atoms with van der Waals surface area (Å²) in [5, 5.41) is 4.11. The van der Waals surface area contributed by atoms with Crippen molar-refractivity contribution in [2.45, 2.75) is 19.8 Å². The summed E-state index contributed by atoms with van der Waals surface area (Å²) >= 11 is 0. The van der Waals surface area contributed by atoms with Gasteiger partial charge in [-0.15, -0.1) is 0 Å². The van der Waals surface area contributed by atoms with Gasteiger partial charge in [0.2, 0.25) is 11.8 Å². The summed E-state index contributed by atoms with van der Waals surface area (Å²) in [7, 11) is 1.58. The standard InChI is InChI=1S/C23H25N3O3/c1-15-7-8-21(29-2)20(11-15)25-23(28)17-12-22(27)26(14-17)10-9-16-13-24-19-6-4-3-5-18(16)19/h3-8,11,13,17,24H,9-10,12,14H2,1-2H3,(H,25,28). The van der Waals surface area contributed by atoms with Crippen LogP contribution in [-0.2, 0) is 16.0 Å². The number of aromatic amines is 1. The molecule has 1 unspecified atom stereocenters. The zero-order chi connectivity index (χ0) is 20.4. The highest BCUT2D eigenvalue weighted by molar-refractivity contribution is 5.98. The molecule has 6 heteroatoms. The molecule has 1 aliphatic rings. The van der Waals surface area contributed by atoms with Crippen molar-refractivity contribution in [3.05, 3.63) is 59.8 Å². The first-order chi connectivity index (χ1) is 14.0. The highest BCUT2D eigenvalue weighted by Crippen LogP contribution is 2.27. The van der Waals surface area contributed by atoms with Gasteiger partial charge in [0.15, 0.2) is 0 Å². The highest BCUT2D eigenvalue weighted by atomic mass is 16.5. The molecule has 6 nitrogen and oxygen atoms in total. The average molecular weight is 391 g/mol. The number of aryl methyl sites for hydroxylation is 1. The quantitative estimate of drug-likeness (QED) is 0.675. The van der Waals surface area contributed by atoms with Gasteiger partial charge in [0.25, 0.3) is 0 Å². The smallest absolute Gasteiger partial charge is 0.229 e. The van der Waals surface area contributed by atoms with Crippen LogP contribution < -0.4 is 10.1 Å². The fourth-order valence-corrected chi connectivity index (χ4v) is 3.91. The number of methoxy groups -OCH3 is 1. The Bertz CT molecular complexity index is 1060. The lowest BCUT2D eigenvalue weighted by molar-refractivity contribution is -0.128. The van der Waals surface area contributed by atoms with Gasteiger partial charge in [-0.3, -0.25) is 9.59 Å². The predicted molar refractivity (Wildman–Crippen MR) is 113 cm³/mol. The molecule has 1 aromatic heterocycles. The van der Waals surface area contributed by atoms with E-state index in [1.54, 1.807) is 12.0 Å². The van der Waals surface area contributed by atoms with Crippen LogP contribution in [0.5, 0.6) is 5.75 Å². The number of H-pyrrole nitrogens is 1. The van der Waals surface area contributed by atoms with Crippen LogP contribution in [0.25, 0.3) is 10.9 Å². The van der Waals surface area contributed by atoms with Crippen LogP contribution in [0.4, 0.5) is 5.69 Å². The zero-order valence-corrected chi connectivity index (χ0v) is 16.7. The van der Waals surface area contributed by atoms with Crippen molar-refractivity contribution in [1.82, 2.24) is 9.88 Å². The molecule has 3 aromatic rings. The fourth-order valence-electron chi connectivity index (χ4n) is 3.91. The van der Waals surface area contributed by atoms with E-state index < -0.39 is 0 Å². The predicted octanol–water partition coefficient (Wildman–Crippen LogP) is 3.51. The number of carbonyl (C=O) groups excluding carboxylic acids is 2. The molecule has 0 spiro atoms. The lowest BCUT2D eigenvalue weighted by atomic mass is 10.1. The van der Waals surface area contributed by atoms with Crippen molar-refractivity contribution >= 4 is 28.4 Å². The number of anilines is 1. The van der Waals surface area contributed by atoms with Gasteiger partial charge in [-0.2, -0.15) is 0 Å². The Morgan fingerprint density at radius 3 is 2.93 bits per heavy atom. The maximum Gasteiger partial charge on any atom is 0.229 e. The lowest BCUT2D eigenvalue weighted by Crippen LogP contribution is -2.30. The van der Waals surface area contributed by atoms with E-state index in [-0.39, 0.29) is 24.2 Å². The molecule has 0 aliphatic carbocycles. The second-order valence-electron chi connectivity index (χ2n) is 7.54. The third kappa shape index (κ3) is 3.97. The number of nitrogens with one attached hydrogen (secondary N) is 2. The van der Waals surface area contributed by atoms with Crippen molar-refractivity contribution in [2.24, 2.45) is 5.92 Å². The average Bonchev–Trinajstić information content (AvgIpc) is 3.30. The molecule has 4 rings (SSSR count). The van der Waals surface area contributed by atoms with E-state index in [4.69, 9.17) is 4.74 Å². The zero-order valence-electron chi connectivity index (χ0n) is 16.7. The van der Waals surface area contributed by atoms with Crippen molar-refractivity contribution in [1.29, 1.82) is 0 Å². The minimum atomic E-state index is -0.351. The van der Waals surface area contributed by atoms with E-state index in [1.165, 1.54) is 10.9 Å². The Kier molecular flexibility index (Phi) is 5.25. The molecule has 2 heterocycles. The lowest BCUT2D eigenvalue weighted by Gasteiger charge is -2.17. The molecule has 1 saturated heterocycles. The van der Waals surface area contributed by atoms with E-state index in [1.807, 2.05) is 49.5 Å². The minimum Gasteiger partial charge on any atom is -0.495 e. The summed E-state index contributed by atoms with van der Waals surface area (Å²) < 4.78 is 5.33. The largest absolute Gasteiger partial charge is 0.495 e. The molecule has 2 N–H and O–H groups in total. The topological polar surface area (TPSA) is 74.4 Å². The van der Waals surface area contributed by atoms with Crippen LogP contribution in [0.15, 0.2) is 48.7 Å². The molecular formula is C23H25N3O3. The summed E-state index contributed by atoms with van der Waals surface area (Å²) in [6, 6.07) is 13.8. The van der Waals surface area contributed by atoms with Gasteiger partial charge in [0, 0.05) is 36.6 Å². The number of ether oxygens (including phenoxy) is 1. The first-order valence-electron chi connectivity index (χ1n) is 9.83. The number of carbonyl (C=O) groups is 2. The fraction of sp³-hybridized carbons (Fsp3) is 0.304. The minimum absolute atomic E-state index is 0.0289. The maximum atomic E-state index is 12.7. The van der Waals surface area contributed by atoms with E-state index in [0.717, 1.165) is 17.5 Å². The molecule has 0 bridgehead atoms.